The topological polar surface area (TPSA) is 77.1 Å². The second-order valence-corrected chi connectivity index (χ2v) is 6.08. The standard InChI is InChI=1S/C19H16F3N3O3/c1-12-17(13-5-4-6-14(11-13)19(20,21)22)18(28-24-12)23-15(26)8-10-25-9-3-2-7-16(25)27/h2-7,9,11H,8,10H2,1H3,(H,23,26). The number of benzene rings is 1. The highest BCUT2D eigenvalue weighted by molar-refractivity contribution is 5.93. The largest absolute Gasteiger partial charge is 0.416 e. The van der Waals surface area contributed by atoms with Crippen LogP contribution in [-0.4, -0.2) is 15.6 Å². The van der Waals surface area contributed by atoms with Crippen LogP contribution >= 0.6 is 0 Å². The minimum atomic E-state index is -4.49. The summed E-state index contributed by atoms with van der Waals surface area (Å²) in [5.74, 6) is -0.498. The van der Waals surface area contributed by atoms with Gasteiger partial charge < -0.3 is 9.09 Å². The van der Waals surface area contributed by atoms with Crippen LogP contribution in [0, 0.1) is 6.92 Å². The van der Waals surface area contributed by atoms with Gasteiger partial charge in [0.25, 0.3) is 5.56 Å². The Balaban J connectivity index is 1.79. The third kappa shape index (κ3) is 4.30. The molecule has 0 aliphatic carbocycles. The van der Waals surface area contributed by atoms with Crippen molar-refractivity contribution in [2.75, 3.05) is 5.32 Å². The van der Waals surface area contributed by atoms with E-state index in [9.17, 15) is 22.8 Å². The lowest BCUT2D eigenvalue weighted by atomic mass is 10.0. The molecule has 0 aliphatic rings. The van der Waals surface area contributed by atoms with Crippen molar-refractivity contribution in [3.8, 4) is 11.1 Å². The predicted octanol–water partition coefficient (Wildman–Crippen LogP) is 3.86. The predicted molar refractivity (Wildman–Crippen MR) is 95.6 cm³/mol. The van der Waals surface area contributed by atoms with E-state index in [0.717, 1.165) is 12.1 Å². The van der Waals surface area contributed by atoms with Gasteiger partial charge in [0.1, 0.15) is 0 Å². The smallest absolute Gasteiger partial charge is 0.337 e. The first-order valence-corrected chi connectivity index (χ1v) is 8.35. The molecule has 1 N–H and O–H groups in total. The molecule has 28 heavy (non-hydrogen) atoms. The number of hydrogen-bond acceptors (Lipinski definition) is 4. The van der Waals surface area contributed by atoms with Crippen molar-refractivity contribution in [3.63, 3.8) is 0 Å². The summed E-state index contributed by atoms with van der Waals surface area (Å²) in [7, 11) is 0. The average Bonchev–Trinajstić information content (AvgIpc) is 3.00. The Morgan fingerprint density at radius 2 is 2.00 bits per heavy atom. The lowest BCUT2D eigenvalue weighted by Crippen LogP contribution is -2.21. The number of aromatic nitrogens is 2. The first kappa shape index (κ1) is 19.4. The number of hydrogen-bond donors (Lipinski definition) is 1. The fourth-order valence-electron chi connectivity index (χ4n) is 2.70. The fraction of sp³-hybridized carbons (Fsp3) is 0.211. The molecule has 0 bridgehead atoms. The van der Waals surface area contributed by atoms with E-state index in [-0.39, 0.29) is 35.5 Å². The summed E-state index contributed by atoms with van der Waals surface area (Å²) in [4.78, 5) is 23.9. The Bertz CT molecular complexity index is 1050. The Morgan fingerprint density at radius 1 is 1.21 bits per heavy atom. The van der Waals surface area contributed by atoms with Crippen molar-refractivity contribution in [2.24, 2.45) is 0 Å². The maximum Gasteiger partial charge on any atom is 0.416 e. The van der Waals surface area contributed by atoms with E-state index in [1.165, 1.54) is 22.8 Å². The van der Waals surface area contributed by atoms with Crippen LogP contribution in [0.3, 0.4) is 0 Å². The van der Waals surface area contributed by atoms with E-state index in [1.54, 1.807) is 25.3 Å². The summed E-state index contributed by atoms with van der Waals surface area (Å²) in [5.41, 5.74) is -0.213. The van der Waals surface area contributed by atoms with Gasteiger partial charge in [-0.15, -0.1) is 0 Å². The van der Waals surface area contributed by atoms with E-state index in [2.05, 4.69) is 10.5 Å². The van der Waals surface area contributed by atoms with Gasteiger partial charge in [-0.05, 0) is 30.7 Å². The van der Waals surface area contributed by atoms with E-state index in [1.807, 2.05) is 0 Å². The molecule has 2 aromatic heterocycles. The van der Waals surface area contributed by atoms with Gasteiger partial charge in [-0.3, -0.25) is 14.9 Å². The molecule has 0 unspecified atom stereocenters. The molecule has 2 heterocycles. The maximum atomic E-state index is 13.0. The fourth-order valence-corrected chi connectivity index (χ4v) is 2.70. The van der Waals surface area contributed by atoms with Gasteiger partial charge in [0.2, 0.25) is 11.8 Å². The molecule has 146 valence electrons. The number of nitrogens with zero attached hydrogens (tertiary/aromatic N) is 2. The van der Waals surface area contributed by atoms with Gasteiger partial charge in [0, 0.05) is 25.2 Å². The molecule has 0 saturated carbocycles. The highest BCUT2D eigenvalue weighted by Crippen LogP contribution is 2.36. The number of alkyl halides is 3. The normalized spacial score (nSPS) is 11.4. The molecule has 1 aromatic carbocycles. The number of carbonyl (C=O) groups excluding carboxylic acids is 1. The molecular weight excluding hydrogens is 375 g/mol. The quantitative estimate of drug-likeness (QED) is 0.717. The number of halogens is 3. The van der Waals surface area contributed by atoms with Crippen LogP contribution < -0.4 is 10.9 Å². The highest BCUT2D eigenvalue weighted by atomic mass is 19.4. The lowest BCUT2D eigenvalue weighted by molar-refractivity contribution is -0.137. The molecule has 0 radical (unpaired) electrons. The minimum absolute atomic E-state index is 0.0221. The van der Waals surface area contributed by atoms with Crippen LogP contribution in [0.2, 0.25) is 0 Å². The first-order valence-electron chi connectivity index (χ1n) is 8.35. The lowest BCUT2D eigenvalue weighted by Gasteiger charge is -2.10. The van der Waals surface area contributed by atoms with Crippen LogP contribution in [0.5, 0.6) is 0 Å². The second-order valence-electron chi connectivity index (χ2n) is 6.08. The molecule has 0 saturated heterocycles. The Labute approximate surface area is 157 Å². The molecular formula is C19H16F3N3O3. The highest BCUT2D eigenvalue weighted by Gasteiger charge is 2.31. The number of carbonyl (C=O) groups is 1. The molecule has 0 atom stereocenters. The maximum absolute atomic E-state index is 13.0. The zero-order valence-electron chi connectivity index (χ0n) is 14.8. The molecule has 0 aliphatic heterocycles. The van der Waals surface area contributed by atoms with Gasteiger partial charge in [-0.2, -0.15) is 13.2 Å². The van der Waals surface area contributed by atoms with Gasteiger partial charge >= 0.3 is 6.18 Å². The molecule has 3 aromatic rings. The van der Waals surface area contributed by atoms with E-state index in [0.29, 0.717) is 5.69 Å². The van der Waals surface area contributed by atoms with E-state index in [4.69, 9.17) is 4.52 Å². The van der Waals surface area contributed by atoms with Gasteiger partial charge in [-0.25, -0.2) is 0 Å². The van der Waals surface area contributed by atoms with E-state index < -0.39 is 17.6 Å². The summed E-state index contributed by atoms with van der Waals surface area (Å²) in [5, 5.41) is 6.26. The number of amides is 1. The van der Waals surface area contributed by atoms with Crippen LogP contribution in [0.25, 0.3) is 11.1 Å². The number of aryl methyl sites for hydroxylation is 2. The number of rotatable bonds is 5. The van der Waals surface area contributed by atoms with Gasteiger partial charge in [0.05, 0.1) is 16.8 Å². The van der Waals surface area contributed by atoms with Crippen LogP contribution in [0.1, 0.15) is 17.7 Å². The molecule has 0 spiro atoms. The Kier molecular flexibility index (Phi) is 5.34. The van der Waals surface area contributed by atoms with Crippen LogP contribution in [-0.2, 0) is 17.5 Å². The second kappa shape index (κ2) is 7.71. The zero-order chi connectivity index (χ0) is 20.3. The van der Waals surface area contributed by atoms with Crippen molar-refractivity contribution in [2.45, 2.75) is 26.1 Å². The summed E-state index contributed by atoms with van der Waals surface area (Å²) in [6, 6.07) is 9.33. The molecule has 3 rings (SSSR count). The average molecular weight is 391 g/mol. The summed E-state index contributed by atoms with van der Waals surface area (Å²) >= 11 is 0. The van der Waals surface area contributed by atoms with Crippen LogP contribution in [0.4, 0.5) is 19.1 Å². The molecule has 9 heteroatoms. The summed E-state index contributed by atoms with van der Waals surface area (Å²) in [6.07, 6.45) is -2.96. The Hall–Kier alpha value is -3.36. The third-order valence-electron chi connectivity index (χ3n) is 4.07. The number of pyridine rings is 1. The number of anilines is 1. The van der Waals surface area contributed by atoms with Gasteiger partial charge in [0.15, 0.2) is 0 Å². The van der Waals surface area contributed by atoms with E-state index >= 15 is 0 Å². The molecule has 0 fully saturated rings. The minimum Gasteiger partial charge on any atom is -0.337 e. The number of nitrogens with one attached hydrogen (secondary N) is 1. The van der Waals surface area contributed by atoms with Crippen LogP contribution in [0.15, 0.2) is 58.0 Å². The summed E-state index contributed by atoms with van der Waals surface area (Å²) in [6.45, 7) is 1.72. The zero-order valence-corrected chi connectivity index (χ0v) is 14.8. The third-order valence-corrected chi connectivity index (χ3v) is 4.07. The van der Waals surface area contributed by atoms with Gasteiger partial charge in [-0.1, -0.05) is 23.4 Å². The Morgan fingerprint density at radius 3 is 2.71 bits per heavy atom. The monoisotopic (exact) mass is 391 g/mol. The van der Waals surface area contributed by atoms with Crippen molar-refractivity contribution in [1.82, 2.24) is 9.72 Å². The SMILES string of the molecule is Cc1noc(NC(=O)CCn2ccccc2=O)c1-c1cccc(C(F)(F)F)c1. The molecule has 1 amide bonds. The molecule has 6 nitrogen and oxygen atoms in total. The van der Waals surface area contributed by atoms with Crippen molar-refractivity contribution in [3.05, 3.63) is 70.3 Å². The van der Waals surface area contributed by atoms with Crippen molar-refractivity contribution in [1.29, 1.82) is 0 Å². The van der Waals surface area contributed by atoms with Crippen molar-refractivity contribution < 1.29 is 22.5 Å². The summed E-state index contributed by atoms with van der Waals surface area (Å²) < 4.78 is 45.4. The first-order chi connectivity index (χ1) is 13.3. The van der Waals surface area contributed by atoms with Crippen molar-refractivity contribution >= 4 is 11.8 Å².